The van der Waals surface area contributed by atoms with Gasteiger partial charge in [-0.25, -0.2) is 13.3 Å². The summed E-state index contributed by atoms with van der Waals surface area (Å²) in [6, 6.07) is -2.82. The second-order valence-electron chi connectivity index (χ2n) is 19.6. The number of nitrogens with one attached hydrogen (secondary N) is 4. The lowest BCUT2D eigenvalue weighted by Crippen LogP contribution is -2.64. The van der Waals surface area contributed by atoms with E-state index in [0.29, 0.717) is 52.1 Å². The minimum absolute atomic E-state index is 0.0275. The van der Waals surface area contributed by atoms with Crippen LogP contribution in [0.2, 0.25) is 0 Å². The van der Waals surface area contributed by atoms with Gasteiger partial charge in [0.1, 0.15) is 23.7 Å². The fourth-order valence-electron chi connectivity index (χ4n) is 12.2. The van der Waals surface area contributed by atoms with Crippen LogP contribution in [-0.4, -0.2) is 105 Å². The van der Waals surface area contributed by atoms with Crippen LogP contribution < -0.4 is 20.7 Å². The Labute approximate surface area is 338 Å². The molecule has 0 bridgehead atoms. The lowest BCUT2D eigenvalue weighted by atomic mass is 9.69. The predicted molar refractivity (Wildman–Crippen MR) is 213 cm³/mol. The fourth-order valence-corrected chi connectivity index (χ4v) is 13.6. The maximum absolute atomic E-state index is 15.5. The average molecular weight is 813 g/mol. The largest absolute Gasteiger partial charge is 0.381 e. The minimum Gasteiger partial charge on any atom is -0.381 e. The number of likely N-dealkylation sites (tertiary alicyclic amines) is 1. The lowest BCUT2D eigenvalue weighted by Gasteiger charge is -2.44. The molecule has 4 N–H and O–H groups in total. The summed E-state index contributed by atoms with van der Waals surface area (Å²) >= 11 is 0. The molecule has 3 saturated heterocycles. The molecule has 7 fully saturated rings. The topological polar surface area (TPSA) is 183 Å². The first-order chi connectivity index (χ1) is 26.9. The van der Waals surface area contributed by atoms with Crippen LogP contribution in [0.3, 0.4) is 0 Å². The van der Waals surface area contributed by atoms with E-state index in [-0.39, 0.29) is 34.5 Å². The highest BCUT2D eigenvalue weighted by Crippen LogP contribution is 2.88. The second-order valence-corrected chi connectivity index (χ2v) is 21.5. The Hall–Kier alpha value is -3.26. The summed E-state index contributed by atoms with van der Waals surface area (Å²) in [5.41, 5.74) is -3.23. The maximum atomic E-state index is 15.5. The molecule has 2 spiro atoms. The highest BCUT2D eigenvalue weighted by Gasteiger charge is 2.85. The minimum atomic E-state index is -3.66. The third-order valence-corrected chi connectivity index (χ3v) is 18.2. The molecule has 0 aromatic heterocycles. The summed E-state index contributed by atoms with van der Waals surface area (Å²) in [5, 5.41) is 10.7. The first-order valence-corrected chi connectivity index (χ1v) is 22.8. The van der Waals surface area contributed by atoms with Crippen LogP contribution in [-0.2, 0) is 43.4 Å². The quantitative estimate of drug-likeness (QED) is 0.171. The Morgan fingerprint density at radius 3 is 1.98 bits per heavy atom. The van der Waals surface area contributed by atoms with Gasteiger partial charge in [-0.2, -0.15) is 0 Å². The molecular formula is C42H64N6O8S. The third kappa shape index (κ3) is 6.66. The number of rotatable bonds is 12. The van der Waals surface area contributed by atoms with Gasteiger partial charge >= 0.3 is 0 Å². The number of carbonyl (C=O) groups is 5. The highest BCUT2D eigenvalue weighted by atomic mass is 32.2. The van der Waals surface area contributed by atoms with Gasteiger partial charge in [0.25, 0.3) is 5.91 Å². The summed E-state index contributed by atoms with van der Waals surface area (Å²) in [6.07, 6.45) is 12.2. The molecule has 5 amide bonds. The number of hydrogen-bond acceptors (Lipinski definition) is 8. The molecule has 1 unspecified atom stereocenters. The molecule has 3 heterocycles. The smallest absolute Gasteiger partial charge is 0.259 e. The van der Waals surface area contributed by atoms with Crippen molar-refractivity contribution in [3.63, 3.8) is 0 Å². The van der Waals surface area contributed by atoms with Crippen molar-refractivity contribution in [2.45, 2.75) is 148 Å². The van der Waals surface area contributed by atoms with Crippen molar-refractivity contribution >= 4 is 44.7 Å². The van der Waals surface area contributed by atoms with E-state index in [0.717, 1.165) is 64.2 Å². The number of carbonyl (C=O) groups excluding carboxylic acids is 6. The Balaban J connectivity index is 1.21. The monoisotopic (exact) mass is 812 g/mol. The zero-order valence-electron chi connectivity index (χ0n) is 34.6. The zero-order valence-corrected chi connectivity index (χ0v) is 35.4. The Morgan fingerprint density at radius 1 is 0.825 bits per heavy atom. The average Bonchev–Trinajstić information content (AvgIpc) is 3.62. The zero-order chi connectivity index (χ0) is 41.2. The van der Waals surface area contributed by atoms with E-state index in [1.54, 1.807) is 16.2 Å². The molecule has 7 aliphatic rings. The molecule has 3 aliphatic heterocycles. The highest BCUT2D eigenvalue weighted by molar-refractivity contribution is 7.97. The standard InChI is InChI=1S/C42H64N6O8S/c1-7-29-24-42(29,36(54)46-57(55,27-49)47-20-11-12-21-47)45-33(51)30-25-41(37(3,4)40(41)16-13-17-40)26-48(30)35(53)32(39(6)18-22-56-23-19-39)44-34(52)31(43-28(2)50)38(5)14-9-8-10-15-38/h7,29-32H,1,8-26H2,2-6H3,(H,43,50)(H,44,52)(H,45,51)(H,46,54,55)/t29-,30+,31-,32-,41-,42-,57?/m1/s1. The van der Waals surface area contributed by atoms with E-state index >= 15 is 4.79 Å². The van der Waals surface area contributed by atoms with Gasteiger partial charge in [0.15, 0.2) is 9.89 Å². The van der Waals surface area contributed by atoms with E-state index in [1.807, 2.05) is 13.8 Å². The van der Waals surface area contributed by atoms with Gasteiger partial charge in [0, 0.05) is 56.5 Å². The van der Waals surface area contributed by atoms with Gasteiger partial charge in [0.05, 0.1) is 0 Å². The van der Waals surface area contributed by atoms with Crippen molar-refractivity contribution in [3.8, 4) is 0 Å². The molecule has 0 aromatic rings. The van der Waals surface area contributed by atoms with Gasteiger partial charge in [-0.05, 0) is 80.5 Å². The number of nitrogens with zero attached hydrogens (tertiary/aromatic N) is 2. The van der Waals surface area contributed by atoms with Crippen LogP contribution in [0.1, 0.15) is 125 Å². The molecular weight excluding hydrogens is 749 g/mol. The van der Waals surface area contributed by atoms with Crippen LogP contribution >= 0.6 is 0 Å². The van der Waals surface area contributed by atoms with E-state index in [9.17, 15) is 28.2 Å². The summed E-state index contributed by atoms with van der Waals surface area (Å²) in [6.45, 7) is 15.7. The first-order valence-electron chi connectivity index (χ1n) is 21.3. The van der Waals surface area contributed by atoms with Crippen LogP contribution in [0.25, 0.3) is 0 Å². The number of hydrogen-bond donors (Lipinski definition) is 4. The van der Waals surface area contributed by atoms with E-state index in [4.69, 9.17) is 4.74 Å². The molecule has 0 radical (unpaired) electrons. The van der Waals surface area contributed by atoms with E-state index < -0.39 is 68.0 Å². The van der Waals surface area contributed by atoms with Crippen molar-refractivity contribution < 1.29 is 37.7 Å². The van der Waals surface area contributed by atoms with Crippen molar-refractivity contribution in [2.75, 3.05) is 32.8 Å². The second kappa shape index (κ2) is 14.8. The van der Waals surface area contributed by atoms with Gasteiger partial charge in [-0.3, -0.25) is 28.7 Å². The van der Waals surface area contributed by atoms with Crippen molar-refractivity contribution in [1.82, 2.24) is 29.9 Å². The molecule has 57 heavy (non-hydrogen) atoms. The van der Waals surface area contributed by atoms with Gasteiger partial charge in [-0.1, -0.05) is 59.5 Å². The van der Waals surface area contributed by atoms with Gasteiger partial charge in [0.2, 0.25) is 28.9 Å². The molecule has 15 heteroatoms. The molecule has 4 aliphatic carbocycles. The molecule has 0 aromatic carbocycles. The number of fused-ring (bicyclic) bond motifs is 1. The van der Waals surface area contributed by atoms with E-state index in [2.05, 4.69) is 41.1 Å². The van der Waals surface area contributed by atoms with Crippen LogP contribution in [0.15, 0.2) is 12.7 Å². The van der Waals surface area contributed by atoms with Crippen molar-refractivity contribution in [3.05, 3.63) is 12.7 Å². The molecule has 7 rings (SSSR count). The van der Waals surface area contributed by atoms with Gasteiger partial charge in [-0.15, -0.1) is 6.58 Å². The Morgan fingerprint density at radius 2 is 1.46 bits per heavy atom. The Kier molecular flexibility index (Phi) is 10.9. The molecule has 4 saturated carbocycles. The summed E-state index contributed by atoms with van der Waals surface area (Å²) < 4.78 is 23.3. The van der Waals surface area contributed by atoms with Crippen molar-refractivity contribution in [2.24, 2.45) is 33.0 Å². The summed E-state index contributed by atoms with van der Waals surface area (Å²) in [5.74, 6) is -2.82. The summed E-state index contributed by atoms with van der Waals surface area (Å²) in [7, 11) is -3.66. The number of ether oxygens (including phenoxy) is 1. The van der Waals surface area contributed by atoms with Crippen LogP contribution in [0.4, 0.5) is 0 Å². The predicted octanol–water partition coefficient (Wildman–Crippen LogP) is 3.01. The first kappa shape index (κ1) is 41.9. The van der Waals surface area contributed by atoms with Crippen molar-refractivity contribution in [1.29, 1.82) is 0 Å². The molecule has 316 valence electrons. The lowest BCUT2D eigenvalue weighted by molar-refractivity contribution is -0.148. The number of amides is 5. The Bertz CT molecular complexity index is 1830. The maximum Gasteiger partial charge on any atom is 0.259 e. The van der Waals surface area contributed by atoms with Crippen LogP contribution in [0, 0.1) is 33.0 Å². The molecule has 14 nitrogen and oxygen atoms in total. The SMILES string of the molecule is C=C[C@@H]1C[C@]1(NC(=O)[C@@H]1C[C@@]2(CN1C(=O)[C@@H](NC(=O)[C@@H](NC(C)=O)C1(C)CCCCC1)C1(C)CCOCC1)C(C)(C)C21CCC1)C(=O)NS(=O)(=C=O)N1CCCC1. The summed E-state index contributed by atoms with van der Waals surface area (Å²) in [4.78, 5) is 85.2. The molecule has 7 atom stereocenters. The normalized spacial score (nSPS) is 33.7. The third-order valence-electron chi connectivity index (χ3n) is 16.4. The van der Waals surface area contributed by atoms with E-state index in [1.165, 1.54) is 11.2 Å². The van der Waals surface area contributed by atoms with Crippen LogP contribution in [0.5, 0.6) is 0 Å². The fraction of sp³-hybridized carbons (Fsp3) is 0.810. The van der Waals surface area contributed by atoms with Gasteiger partial charge < -0.3 is 25.6 Å².